The van der Waals surface area contributed by atoms with Crippen LogP contribution >= 0.6 is 0 Å². The van der Waals surface area contributed by atoms with Crippen molar-refractivity contribution >= 4 is 34.2 Å². The number of hydrogen-bond donors (Lipinski definition) is 2. The number of rotatable bonds is 3. The van der Waals surface area contributed by atoms with Gasteiger partial charge in [0.2, 0.25) is 0 Å². The third kappa shape index (κ3) is 4.08. The summed E-state index contributed by atoms with van der Waals surface area (Å²) < 4.78 is 37.5. The minimum Gasteiger partial charge on any atom is -0.320 e. The van der Waals surface area contributed by atoms with E-state index in [1.807, 2.05) is 6.92 Å². The van der Waals surface area contributed by atoms with Gasteiger partial charge in [0.25, 0.3) is 5.91 Å². The molecule has 0 unspecified atom stereocenters. The van der Waals surface area contributed by atoms with Crippen molar-refractivity contribution in [2.24, 2.45) is 0 Å². The van der Waals surface area contributed by atoms with Crippen molar-refractivity contribution in [3.63, 3.8) is 0 Å². The molecule has 144 valence electrons. The predicted octanol–water partition coefficient (Wildman–Crippen LogP) is 4.00. The molecule has 2 N–H and O–H groups in total. The van der Waals surface area contributed by atoms with E-state index in [0.717, 1.165) is 11.4 Å². The van der Waals surface area contributed by atoms with Crippen LogP contribution in [0.4, 0.5) is 24.5 Å². The summed E-state index contributed by atoms with van der Waals surface area (Å²) in [5, 5.41) is 4.25. The molecule has 2 amide bonds. The minimum absolute atomic E-state index is 0.0383. The van der Waals surface area contributed by atoms with Crippen LogP contribution in [0.5, 0.6) is 0 Å². The van der Waals surface area contributed by atoms with E-state index in [1.165, 1.54) is 30.3 Å². The Kier molecular flexibility index (Phi) is 5.00. The Morgan fingerprint density at radius 1 is 0.857 bits per heavy atom. The first kappa shape index (κ1) is 19.3. The zero-order valence-electron chi connectivity index (χ0n) is 14.9. The molecule has 0 bridgehead atoms. The molecule has 1 aromatic heterocycles. The summed E-state index contributed by atoms with van der Waals surface area (Å²) >= 11 is 0. The van der Waals surface area contributed by atoms with Gasteiger partial charge >= 0.3 is 12.1 Å². The van der Waals surface area contributed by atoms with Crippen LogP contribution in [0.3, 0.4) is 0 Å². The van der Waals surface area contributed by atoms with Crippen LogP contribution in [-0.2, 0) is 4.79 Å². The van der Waals surface area contributed by atoms with Gasteiger partial charge in [0, 0.05) is 5.56 Å². The molecule has 9 heteroatoms. The summed E-state index contributed by atoms with van der Waals surface area (Å²) in [6.07, 6.45) is -5.04. The van der Waals surface area contributed by atoms with Crippen LogP contribution in [0, 0.1) is 13.8 Å². The average molecular weight is 388 g/mol. The van der Waals surface area contributed by atoms with Gasteiger partial charge in [-0.1, -0.05) is 12.1 Å². The van der Waals surface area contributed by atoms with Crippen molar-refractivity contribution in [1.82, 2.24) is 9.97 Å². The maximum absolute atomic E-state index is 12.6. The number of halogens is 3. The Balaban J connectivity index is 1.86. The summed E-state index contributed by atoms with van der Waals surface area (Å²) in [4.78, 5) is 32.5. The molecule has 3 rings (SSSR count). The number of benzene rings is 2. The molecular formula is C19H15F3N4O2. The van der Waals surface area contributed by atoms with Crippen LogP contribution in [0.25, 0.3) is 11.0 Å². The molecule has 0 aliphatic heterocycles. The molecule has 0 saturated heterocycles. The molecule has 28 heavy (non-hydrogen) atoms. The van der Waals surface area contributed by atoms with E-state index < -0.39 is 18.0 Å². The molecule has 0 aliphatic rings. The molecule has 3 aromatic rings. The highest BCUT2D eigenvalue weighted by atomic mass is 19.4. The smallest absolute Gasteiger partial charge is 0.320 e. The summed E-state index contributed by atoms with van der Waals surface area (Å²) in [6, 6.07) is 10.3. The normalized spacial score (nSPS) is 11.3. The number of aromatic nitrogens is 2. The van der Waals surface area contributed by atoms with Crippen molar-refractivity contribution in [2.75, 3.05) is 10.6 Å². The van der Waals surface area contributed by atoms with Gasteiger partial charge < -0.3 is 10.6 Å². The summed E-state index contributed by atoms with van der Waals surface area (Å²) in [5.41, 5.74) is 2.78. The molecule has 0 radical (unpaired) electrons. The van der Waals surface area contributed by atoms with Crippen molar-refractivity contribution in [3.05, 3.63) is 59.4 Å². The molecule has 0 fully saturated rings. The summed E-state index contributed by atoms with van der Waals surface area (Å²) in [7, 11) is 0. The Morgan fingerprint density at radius 2 is 1.43 bits per heavy atom. The second-order valence-electron chi connectivity index (χ2n) is 6.05. The number of nitrogens with zero attached hydrogens (tertiary/aromatic N) is 2. The fourth-order valence-corrected chi connectivity index (χ4v) is 2.46. The Bertz CT molecular complexity index is 1080. The third-order valence-corrected chi connectivity index (χ3v) is 4.02. The number of amides is 2. The van der Waals surface area contributed by atoms with E-state index in [2.05, 4.69) is 15.3 Å². The molecule has 0 saturated carbocycles. The molecule has 0 aliphatic carbocycles. The standard InChI is InChI=1S/C19H15F3N4O2/c1-10-11(2)24-16-9-12(7-8-15(16)23-10)17(27)25-13-5-3-4-6-14(13)26-18(28)19(20,21)22/h3-9H,1-2H3,(H,25,27)(H,26,28). The van der Waals surface area contributed by atoms with Gasteiger partial charge in [-0.05, 0) is 44.2 Å². The fraction of sp³-hybridized carbons (Fsp3) is 0.158. The van der Waals surface area contributed by atoms with Crippen molar-refractivity contribution in [2.45, 2.75) is 20.0 Å². The minimum atomic E-state index is -5.04. The second-order valence-corrected chi connectivity index (χ2v) is 6.05. The van der Waals surface area contributed by atoms with E-state index >= 15 is 0 Å². The number of fused-ring (bicyclic) bond motifs is 1. The average Bonchev–Trinajstić information content (AvgIpc) is 2.63. The molecule has 0 spiro atoms. The topological polar surface area (TPSA) is 84.0 Å². The van der Waals surface area contributed by atoms with E-state index in [1.54, 1.807) is 24.4 Å². The first-order valence-corrected chi connectivity index (χ1v) is 8.19. The van der Waals surface area contributed by atoms with Gasteiger partial charge in [0.1, 0.15) is 0 Å². The lowest BCUT2D eigenvalue weighted by Gasteiger charge is -2.13. The van der Waals surface area contributed by atoms with Gasteiger partial charge in [-0.3, -0.25) is 9.59 Å². The number of carbonyl (C=O) groups excluding carboxylic acids is 2. The number of para-hydroxylation sites is 2. The van der Waals surface area contributed by atoms with Crippen LogP contribution < -0.4 is 10.6 Å². The van der Waals surface area contributed by atoms with Crippen molar-refractivity contribution < 1.29 is 22.8 Å². The van der Waals surface area contributed by atoms with Gasteiger partial charge in [0.15, 0.2) is 0 Å². The first-order chi connectivity index (χ1) is 13.1. The molecule has 6 nitrogen and oxygen atoms in total. The highest BCUT2D eigenvalue weighted by Crippen LogP contribution is 2.25. The highest BCUT2D eigenvalue weighted by molar-refractivity contribution is 6.08. The molecule has 1 heterocycles. The third-order valence-electron chi connectivity index (χ3n) is 4.02. The van der Waals surface area contributed by atoms with E-state index in [9.17, 15) is 22.8 Å². The predicted molar refractivity (Wildman–Crippen MR) is 98.1 cm³/mol. The lowest BCUT2D eigenvalue weighted by atomic mass is 10.1. The molecular weight excluding hydrogens is 373 g/mol. The van der Waals surface area contributed by atoms with E-state index in [0.29, 0.717) is 11.0 Å². The van der Waals surface area contributed by atoms with Crippen molar-refractivity contribution in [3.8, 4) is 0 Å². The Labute approximate surface area is 157 Å². The van der Waals surface area contributed by atoms with Crippen molar-refractivity contribution in [1.29, 1.82) is 0 Å². The second kappa shape index (κ2) is 7.26. The fourth-order valence-electron chi connectivity index (χ4n) is 2.46. The van der Waals surface area contributed by atoms with E-state index in [4.69, 9.17) is 0 Å². The number of anilines is 2. The van der Waals surface area contributed by atoms with Gasteiger partial charge in [-0.15, -0.1) is 0 Å². The maximum Gasteiger partial charge on any atom is 0.471 e. The monoisotopic (exact) mass is 388 g/mol. The summed E-state index contributed by atoms with van der Waals surface area (Å²) in [6.45, 7) is 3.63. The maximum atomic E-state index is 12.6. The van der Waals surface area contributed by atoms with Crippen LogP contribution in [0.1, 0.15) is 21.7 Å². The van der Waals surface area contributed by atoms with Gasteiger partial charge in [-0.25, -0.2) is 9.97 Å². The number of alkyl halides is 3. The Morgan fingerprint density at radius 3 is 2.04 bits per heavy atom. The van der Waals surface area contributed by atoms with E-state index in [-0.39, 0.29) is 16.9 Å². The number of nitrogens with one attached hydrogen (secondary N) is 2. The summed E-state index contributed by atoms with van der Waals surface area (Å²) in [5.74, 6) is -2.68. The number of aryl methyl sites for hydroxylation is 2. The zero-order valence-corrected chi connectivity index (χ0v) is 14.9. The number of carbonyl (C=O) groups is 2. The largest absolute Gasteiger partial charge is 0.471 e. The lowest BCUT2D eigenvalue weighted by Crippen LogP contribution is -2.30. The molecule has 0 atom stereocenters. The SMILES string of the molecule is Cc1nc2ccc(C(=O)Nc3ccccc3NC(=O)C(F)(F)F)cc2nc1C. The van der Waals surface area contributed by atoms with Gasteiger partial charge in [0.05, 0.1) is 33.8 Å². The highest BCUT2D eigenvalue weighted by Gasteiger charge is 2.39. The lowest BCUT2D eigenvalue weighted by molar-refractivity contribution is -0.167. The van der Waals surface area contributed by atoms with Crippen LogP contribution in [-0.4, -0.2) is 28.0 Å². The molecule has 2 aromatic carbocycles. The Hall–Kier alpha value is -3.49. The number of hydrogen-bond acceptors (Lipinski definition) is 4. The zero-order chi connectivity index (χ0) is 20.5. The first-order valence-electron chi connectivity index (χ1n) is 8.19. The van der Waals surface area contributed by atoms with Gasteiger partial charge in [-0.2, -0.15) is 13.2 Å². The van der Waals surface area contributed by atoms with Crippen LogP contribution in [0.2, 0.25) is 0 Å². The van der Waals surface area contributed by atoms with Crippen LogP contribution in [0.15, 0.2) is 42.5 Å². The quantitative estimate of drug-likeness (QED) is 0.710.